The van der Waals surface area contributed by atoms with Crippen molar-refractivity contribution in [3.8, 4) is 22.6 Å². The SMILES string of the molecule is CCOC(=O)c1c(C)nc2sc(C(=O)c3ccc(OC)cc3)c(N)c2c1-c1ccc(O)cc1. The number of nitrogen functional groups attached to an aromatic ring is 1. The number of hydrogen-bond donors (Lipinski definition) is 2. The van der Waals surface area contributed by atoms with Crippen molar-refractivity contribution in [1.29, 1.82) is 0 Å². The van der Waals surface area contributed by atoms with Gasteiger partial charge in [0.15, 0.2) is 0 Å². The Morgan fingerprint density at radius 2 is 1.76 bits per heavy atom. The lowest BCUT2D eigenvalue weighted by molar-refractivity contribution is 0.0526. The Bertz CT molecular complexity index is 1360. The second kappa shape index (κ2) is 8.91. The number of aromatic nitrogens is 1. The number of phenols is 1. The molecule has 0 aliphatic carbocycles. The second-order valence-corrected chi connectivity index (χ2v) is 8.30. The molecule has 8 heteroatoms. The van der Waals surface area contributed by atoms with Crippen molar-refractivity contribution in [2.45, 2.75) is 13.8 Å². The van der Waals surface area contributed by atoms with Crippen molar-refractivity contribution >= 4 is 39.0 Å². The van der Waals surface area contributed by atoms with Crippen molar-refractivity contribution in [2.75, 3.05) is 19.5 Å². The van der Waals surface area contributed by atoms with Crippen LogP contribution in [-0.4, -0.2) is 35.6 Å². The lowest BCUT2D eigenvalue weighted by Crippen LogP contribution is -2.10. The zero-order valence-corrected chi connectivity index (χ0v) is 19.2. The van der Waals surface area contributed by atoms with Crippen LogP contribution in [0.15, 0.2) is 48.5 Å². The van der Waals surface area contributed by atoms with Crippen LogP contribution in [0.25, 0.3) is 21.3 Å². The van der Waals surface area contributed by atoms with E-state index in [4.69, 9.17) is 15.2 Å². The van der Waals surface area contributed by atoms with Crippen LogP contribution in [0.1, 0.15) is 38.2 Å². The number of rotatable bonds is 6. The second-order valence-electron chi connectivity index (χ2n) is 7.30. The number of nitrogens with two attached hydrogens (primary N) is 1. The van der Waals surface area contributed by atoms with Crippen molar-refractivity contribution < 1.29 is 24.2 Å². The first-order valence-corrected chi connectivity index (χ1v) is 11.0. The number of anilines is 1. The molecule has 0 atom stereocenters. The van der Waals surface area contributed by atoms with Gasteiger partial charge in [-0.2, -0.15) is 0 Å². The first-order valence-electron chi connectivity index (χ1n) is 10.2. The number of ether oxygens (including phenoxy) is 2. The van der Waals surface area contributed by atoms with Gasteiger partial charge in [-0.15, -0.1) is 11.3 Å². The third-order valence-corrected chi connectivity index (χ3v) is 6.35. The first-order chi connectivity index (χ1) is 15.8. The maximum absolute atomic E-state index is 13.3. The summed E-state index contributed by atoms with van der Waals surface area (Å²) in [5, 5.41) is 10.3. The number of aryl methyl sites for hydroxylation is 1. The van der Waals surface area contributed by atoms with Gasteiger partial charge < -0.3 is 20.3 Å². The monoisotopic (exact) mass is 462 g/mol. The van der Waals surface area contributed by atoms with Gasteiger partial charge in [-0.25, -0.2) is 9.78 Å². The molecule has 0 aliphatic heterocycles. The number of carbonyl (C=O) groups is 2. The van der Waals surface area contributed by atoms with E-state index in [1.165, 1.54) is 23.5 Å². The van der Waals surface area contributed by atoms with Crippen LogP contribution in [0.5, 0.6) is 11.5 Å². The molecule has 2 heterocycles. The number of fused-ring (bicyclic) bond motifs is 1. The molecule has 0 spiro atoms. The highest BCUT2D eigenvalue weighted by molar-refractivity contribution is 7.21. The topological polar surface area (TPSA) is 112 Å². The molecule has 0 unspecified atom stereocenters. The molecule has 0 fully saturated rings. The summed E-state index contributed by atoms with van der Waals surface area (Å²) in [5.74, 6) is -0.0415. The Labute approximate surface area is 194 Å². The molecule has 2 aromatic heterocycles. The molecule has 7 nitrogen and oxygen atoms in total. The number of thiophene rings is 1. The Balaban J connectivity index is 1.97. The largest absolute Gasteiger partial charge is 0.508 e. The molecule has 0 aliphatic rings. The minimum Gasteiger partial charge on any atom is -0.508 e. The number of carbonyl (C=O) groups excluding carboxylic acids is 2. The van der Waals surface area contributed by atoms with Crippen molar-refractivity contribution in [3.05, 3.63) is 70.2 Å². The molecule has 3 N–H and O–H groups in total. The van der Waals surface area contributed by atoms with Crippen molar-refractivity contribution in [3.63, 3.8) is 0 Å². The Hall–Kier alpha value is -3.91. The average Bonchev–Trinajstić information content (AvgIpc) is 3.14. The van der Waals surface area contributed by atoms with E-state index < -0.39 is 5.97 Å². The molecule has 0 saturated carbocycles. The fraction of sp³-hybridized carbons (Fsp3) is 0.160. The van der Waals surface area contributed by atoms with Gasteiger partial charge in [0.05, 0.1) is 30.7 Å². The van der Waals surface area contributed by atoms with Crippen LogP contribution in [-0.2, 0) is 4.74 Å². The number of esters is 1. The number of methoxy groups -OCH3 is 1. The van der Waals surface area contributed by atoms with E-state index in [1.807, 2.05) is 0 Å². The molecular formula is C25H22N2O5S. The lowest BCUT2D eigenvalue weighted by atomic mass is 9.95. The highest BCUT2D eigenvalue weighted by Crippen LogP contribution is 2.43. The molecule has 4 rings (SSSR count). The van der Waals surface area contributed by atoms with Gasteiger partial charge >= 0.3 is 5.97 Å². The van der Waals surface area contributed by atoms with Crippen LogP contribution < -0.4 is 10.5 Å². The average molecular weight is 463 g/mol. The molecule has 4 aromatic rings. The minimum atomic E-state index is -0.527. The highest BCUT2D eigenvalue weighted by atomic mass is 32.1. The number of phenolic OH excluding ortho intramolecular Hbond substituents is 1. The van der Waals surface area contributed by atoms with E-state index in [2.05, 4.69) is 4.98 Å². The molecule has 0 radical (unpaired) electrons. The number of hydrogen-bond acceptors (Lipinski definition) is 8. The van der Waals surface area contributed by atoms with E-state index in [0.717, 1.165) is 0 Å². The maximum atomic E-state index is 13.3. The predicted molar refractivity (Wildman–Crippen MR) is 128 cm³/mol. The third-order valence-electron chi connectivity index (χ3n) is 5.25. The molecule has 168 valence electrons. The summed E-state index contributed by atoms with van der Waals surface area (Å²) in [6.45, 7) is 3.64. The standard InChI is InChI=1S/C25H22N2O5S/c1-4-32-25(30)18-13(2)27-24-20(19(18)14-5-9-16(28)10-6-14)21(26)23(33-24)22(29)15-7-11-17(31-3)12-8-15/h5-12,28H,4,26H2,1-3H3. The number of pyridine rings is 1. The number of benzene rings is 2. The Morgan fingerprint density at radius 3 is 2.36 bits per heavy atom. The molecular weight excluding hydrogens is 440 g/mol. The quantitative estimate of drug-likeness (QED) is 0.307. The van der Waals surface area contributed by atoms with E-state index in [9.17, 15) is 14.7 Å². The van der Waals surface area contributed by atoms with E-state index in [1.54, 1.807) is 57.4 Å². The van der Waals surface area contributed by atoms with Gasteiger partial charge in [-0.3, -0.25) is 4.79 Å². The summed E-state index contributed by atoms with van der Waals surface area (Å²) >= 11 is 1.18. The van der Waals surface area contributed by atoms with Gasteiger partial charge in [-0.1, -0.05) is 12.1 Å². The van der Waals surface area contributed by atoms with Crippen molar-refractivity contribution in [2.24, 2.45) is 0 Å². The number of nitrogens with zero attached hydrogens (tertiary/aromatic N) is 1. The predicted octanol–water partition coefficient (Wildman–Crippen LogP) is 4.98. The van der Waals surface area contributed by atoms with Gasteiger partial charge in [0.2, 0.25) is 5.78 Å². The molecule has 0 bridgehead atoms. The van der Waals surface area contributed by atoms with E-state index in [-0.39, 0.29) is 29.4 Å². The minimum absolute atomic E-state index is 0.0899. The molecule has 2 aromatic carbocycles. The summed E-state index contributed by atoms with van der Waals surface area (Å²) in [7, 11) is 1.56. The normalized spacial score (nSPS) is 10.9. The Morgan fingerprint density at radius 1 is 1.09 bits per heavy atom. The molecule has 33 heavy (non-hydrogen) atoms. The van der Waals surface area contributed by atoms with E-state index >= 15 is 0 Å². The summed E-state index contributed by atoms with van der Waals surface area (Å²) in [4.78, 5) is 31.6. The van der Waals surface area contributed by atoms with Crippen LogP contribution in [0, 0.1) is 6.92 Å². The molecule has 0 saturated heterocycles. The fourth-order valence-electron chi connectivity index (χ4n) is 3.68. The fourth-order valence-corrected chi connectivity index (χ4v) is 4.79. The number of aromatic hydroxyl groups is 1. The van der Waals surface area contributed by atoms with Gasteiger partial charge in [-0.05, 0) is 55.8 Å². The van der Waals surface area contributed by atoms with Crippen LogP contribution in [0.3, 0.4) is 0 Å². The molecule has 0 amide bonds. The van der Waals surface area contributed by atoms with Crippen LogP contribution in [0.4, 0.5) is 5.69 Å². The van der Waals surface area contributed by atoms with Crippen LogP contribution in [0.2, 0.25) is 0 Å². The summed E-state index contributed by atoms with van der Waals surface area (Å²) in [6.07, 6.45) is 0. The lowest BCUT2D eigenvalue weighted by Gasteiger charge is -2.14. The van der Waals surface area contributed by atoms with E-state index in [0.29, 0.717) is 43.2 Å². The summed E-state index contributed by atoms with van der Waals surface area (Å²) in [6, 6.07) is 13.2. The maximum Gasteiger partial charge on any atom is 0.340 e. The zero-order valence-electron chi connectivity index (χ0n) is 18.3. The van der Waals surface area contributed by atoms with Crippen molar-refractivity contribution in [1.82, 2.24) is 4.98 Å². The highest BCUT2D eigenvalue weighted by Gasteiger charge is 2.27. The third kappa shape index (κ3) is 4.01. The van der Waals surface area contributed by atoms with Gasteiger partial charge in [0, 0.05) is 16.5 Å². The number of ketones is 1. The van der Waals surface area contributed by atoms with Gasteiger partial charge in [0.1, 0.15) is 21.2 Å². The summed E-state index contributed by atoms with van der Waals surface area (Å²) in [5.41, 5.74) is 9.15. The van der Waals surface area contributed by atoms with Crippen LogP contribution >= 0.6 is 11.3 Å². The first kappa shape index (κ1) is 22.3. The Kier molecular flexibility index (Phi) is 6.02. The zero-order chi connectivity index (χ0) is 23.7. The summed E-state index contributed by atoms with van der Waals surface area (Å²) < 4.78 is 10.4. The van der Waals surface area contributed by atoms with Gasteiger partial charge in [0.25, 0.3) is 0 Å². The smallest absolute Gasteiger partial charge is 0.340 e.